The lowest BCUT2D eigenvalue weighted by molar-refractivity contribution is 0.101. The van der Waals surface area contributed by atoms with Crippen LogP contribution in [0.4, 0.5) is 0 Å². The van der Waals surface area contributed by atoms with Crippen molar-refractivity contribution in [1.82, 2.24) is 0 Å². The van der Waals surface area contributed by atoms with Crippen molar-refractivity contribution in [2.45, 2.75) is 6.92 Å². The van der Waals surface area contributed by atoms with Gasteiger partial charge in [0.1, 0.15) is 5.56 Å². The first-order valence-electron chi connectivity index (χ1n) is 4.37. The van der Waals surface area contributed by atoms with Gasteiger partial charge >= 0.3 is 0 Å². The van der Waals surface area contributed by atoms with E-state index >= 15 is 0 Å². The number of carbonyl (C=O) groups is 1. The first kappa shape index (κ1) is 9.45. The minimum Gasteiger partial charge on any atom is -0.480 e. The Bertz CT molecular complexity index is 595. The molecule has 0 radical (unpaired) electrons. The number of aromatic hydroxyl groups is 1. The largest absolute Gasteiger partial charge is 0.480 e. The van der Waals surface area contributed by atoms with E-state index in [1.807, 2.05) is 0 Å². The topological polar surface area (TPSA) is 67.5 Å². The summed E-state index contributed by atoms with van der Waals surface area (Å²) in [7, 11) is 0. The van der Waals surface area contributed by atoms with Gasteiger partial charge < -0.3 is 9.52 Å². The number of hydrogen-bond acceptors (Lipinski definition) is 4. The van der Waals surface area contributed by atoms with Crippen molar-refractivity contribution in [3.05, 3.63) is 40.1 Å². The molecule has 76 valence electrons. The quantitative estimate of drug-likeness (QED) is 0.718. The molecule has 1 N–H and O–H groups in total. The zero-order valence-corrected chi connectivity index (χ0v) is 7.98. The summed E-state index contributed by atoms with van der Waals surface area (Å²) >= 11 is 0. The van der Waals surface area contributed by atoms with Crippen LogP contribution in [-0.2, 0) is 0 Å². The highest BCUT2D eigenvalue weighted by Gasteiger charge is 2.17. The van der Waals surface area contributed by atoms with Crippen molar-refractivity contribution >= 4 is 16.8 Å². The van der Waals surface area contributed by atoms with Crippen molar-refractivity contribution < 1.29 is 14.3 Å². The average Bonchev–Trinajstić information content (AvgIpc) is 2.40. The van der Waals surface area contributed by atoms with Crippen LogP contribution in [0, 0.1) is 0 Å². The highest BCUT2D eigenvalue weighted by atomic mass is 16.5. The summed E-state index contributed by atoms with van der Waals surface area (Å²) < 4.78 is 4.87. The summed E-state index contributed by atoms with van der Waals surface area (Å²) in [6, 6.07) is 6.05. The molecule has 0 spiro atoms. The Labute approximate surface area is 84.8 Å². The third-order valence-corrected chi connectivity index (χ3v) is 2.12. The normalized spacial score (nSPS) is 10.5. The molecule has 2 rings (SSSR count). The van der Waals surface area contributed by atoms with E-state index in [2.05, 4.69) is 0 Å². The first-order chi connectivity index (χ1) is 7.11. The molecular formula is C11H8O4. The second-order valence-electron chi connectivity index (χ2n) is 3.16. The van der Waals surface area contributed by atoms with Gasteiger partial charge in [0.2, 0.25) is 5.43 Å². The molecule has 4 nitrogen and oxygen atoms in total. The SMILES string of the molecule is CC(=O)c1c(O)oc2c(=O)ccccc12. The maximum Gasteiger partial charge on any atom is 0.294 e. The van der Waals surface area contributed by atoms with E-state index in [-0.39, 0.29) is 22.4 Å². The Kier molecular flexibility index (Phi) is 2.04. The molecule has 1 heterocycles. The summed E-state index contributed by atoms with van der Waals surface area (Å²) in [6.45, 7) is 1.31. The molecule has 0 aliphatic carbocycles. The number of ketones is 1. The molecule has 0 aliphatic heterocycles. The number of rotatable bonds is 1. The molecule has 0 saturated heterocycles. The molecule has 0 aliphatic rings. The van der Waals surface area contributed by atoms with Crippen LogP contribution in [0.15, 0.2) is 33.5 Å². The second-order valence-corrected chi connectivity index (χ2v) is 3.16. The van der Waals surface area contributed by atoms with Crippen molar-refractivity contribution in [3.63, 3.8) is 0 Å². The van der Waals surface area contributed by atoms with Gasteiger partial charge in [0, 0.05) is 5.39 Å². The van der Waals surface area contributed by atoms with E-state index in [4.69, 9.17) is 4.42 Å². The molecular weight excluding hydrogens is 196 g/mol. The third kappa shape index (κ3) is 1.40. The van der Waals surface area contributed by atoms with Crippen LogP contribution >= 0.6 is 0 Å². The standard InChI is InChI=1S/C11H8O4/c1-6(12)9-7-4-2-3-5-8(13)10(7)15-11(9)14/h2-5,14H,1H3. The van der Waals surface area contributed by atoms with Gasteiger partial charge in [-0.15, -0.1) is 0 Å². The van der Waals surface area contributed by atoms with Gasteiger partial charge in [-0.05, 0) is 13.0 Å². The van der Waals surface area contributed by atoms with Crippen LogP contribution in [0.1, 0.15) is 17.3 Å². The molecule has 0 bridgehead atoms. The highest BCUT2D eigenvalue weighted by molar-refractivity contribution is 6.07. The average molecular weight is 204 g/mol. The summed E-state index contributed by atoms with van der Waals surface area (Å²) in [5.41, 5.74) is -0.307. The zero-order chi connectivity index (χ0) is 11.0. The Morgan fingerprint density at radius 2 is 2.00 bits per heavy atom. The fraction of sp³-hybridized carbons (Fsp3) is 0.0909. The van der Waals surface area contributed by atoms with Gasteiger partial charge in [0.05, 0.1) is 0 Å². The van der Waals surface area contributed by atoms with E-state index in [1.54, 1.807) is 18.2 Å². The van der Waals surface area contributed by atoms with Crippen molar-refractivity contribution in [1.29, 1.82) is 0 Å². The molecule has 0 atom stereocenters. The smallest absolute Gasteiger partial charge is 0.294 e. The maximum absolute atomic E-state index is 11.5. The lowest BCUT2D eigenvalue weighted by Crippen LogP contribution is -1.93. The van der Waals surface area contributed by atoms with Crippen LogP contribution in [0.2, 0.25) is 0 Å². The molecule has 0 amide bonds. The molecule has 1 aromatic carbocycles. The van der Waals surface area contributed by atoms with Crippen LogP contribution in [-0.4, -0.2) is 10.9 Å². The van der Waals surface area contributed by atoms with Gasteiger partial charge in [-0.25, -0.2) is 0 Å². The lowest BCUT2D eigenvalue weighted by atomic mass is 10.1. The van der Waals surface area contributed by atoms with Crippen molar-refractivity contribution in [2.75, 3.05) is 0 Å². The van der Waals surface area contributed by atoms with Gasteiger partial charge in [-0.2, -0.15) is 0 Å². The zero-order valence-electron chi connectivity index (χ0n) is 7.98. The minimum absolute atomic E-state index is 0.00250. The number of furan rings is 1. The molecule has 2 aromatic rings. The van der Waals surface area contributed by atoms with Crippen LogP contribution in [0.25, 0.3) is 11.0 Å². The molecule has 1 aromatic heterocycles. The van der Waals surface area contributed by atoms with E-state index < -0.39 is 5.95 Å². The summed E-state index contributed by atoms with van der Waals surface area (Å²) in [5, 5.41) is 9.73. The van der Waals surface area contributed by atoms with E-state index in [1.165, 1.54) is 13.0 Å². The predicted molar refractivity (Wildman–Crippen MR) is 54.2 cm³/mol. The minimum atomic E-state index is -0.499. The maximum atomic E-state index is 11.5. The Balaban J connectivity index is 3.02. The van der Waals surface area contributed by atoms with Crippen molar-refractivity contribution in [3.8, 4) is 5.95 Å². The molecule has 4 heteroatoms. The lowest BCUT2D eigenvalue weighted by Gasteiger charge is -1.88. The number of carbonyl (C=O) groups excluding carboxylic acids is 1. The Morgan fingerprint density at radius 3 is 2.67 bits per heavy atom. The molecule has 15 heavy (non-hydrogen) atoms. The van der Waals surface area contributed by atoms with Gasteiger partial charge in [-0.1, -0.05) is 18.2 Å². The van der Waals surface area contributed by atoms with Gasteiger partial charge in [0.15, 0.2) is 11.4 Å². The predicted octanol–water partition coefficient (Wildman–Crippen LogP) is 1.70. The fourth-order valence-corrected chi connectivity index (χ4v) is 1.48. The number of fused-ring (bicyclic) bond motifs is 1. The van der Waals surface area contributed by atoms with E-state index in [9.17, 15) is 14.7 Å². The van der Waals surface area contributed by atoms with Gasteiger partial charge in [-0.3, -0.25) is 9.59 Å². The monoisotopic (exact) mass is 204 g/mol. The number of Topliss-reactive ketones (excluding diaryl/α,β-unsaturated/α-hetero) is 1. The van der Waals surface area contributed by atoms with E-state index in [0.717, 1.165) is 0 Å². The first-order valence-corrected chi connectivity index (χ1v) is 4.37. The summed E-state index contributed by atoms with van der Waals surface area (Å²) in [6.07, 6.45) is 0. The fourth-order valence-electron chi connectivity index (χ4n) is 1.48. The molecule has 0 unspecified atom stereocenters. The third-order valence-electron chi connectivity index (χ3n) is 2.12. The highest BCUT2D eigenvalue weighted by Crippen LogP contribution is 2.28. The number of hydrogen-bond donors (Lipinski definition) is 1. The van der Waals surface area contributed by atoms with Gasteiger partial charge in [0.25, 0.3) is 5.95 Å². The summed E-state index contributed by atoms with van der Waals surface area (Å²) in [5.74, 6) is -0.836. The summed E-state index contributed by atoms with van der Waals surface area (Å²) in [4.78, 5) is 22.7. The Morgan fingerprint density at radius 1 is 1.33 bits per heavy atom. The van der Waals surface area contributed by atoms with E-state index in [0.29, 0.717) is 5.39 Å². The molecule has 0 saturated carbocycles. The van der Waals surface area contributed by atoms with Crippen LogP contribution in [0.3, 0.4) is 0 Å². The van der Waals surface area contributed by atoms with Crippen LogP contribution in [0.5, 0.6) is 5.95 Å². The Hall–Kier alpha value is -2.10. The van der Waals surface area contributed by atoms with Crippen LogP contribution < -0.4 is 5.43 Å². The second kappa shape index (κ2) is 3.24. The molecule has 0 fully saturated rings. The van der Waals surface area contributed by atoms with Crippen molar-refractivity contribution in [2.24, 2.45) is 0 Å².